The van der Waals surface area contributed by atoms with E-state index in [-0.39, 0.29) is 11.4 Å². The highest BCUT2D eigenvalue weighted by Crippen LogP contribution is 2.24. The number of aromatic carboxylic acids is 1. The van der Waals surface area contributed by atoms with Crippen LogP contribution >= 0.6 is 0 Å². The summed E-state index contributed by atoms with van der Waals surface area (Å²) < 4.78 is 10.9. The molecule has 0 aliphatic rings. The smallest absolute Gasteiger partial charge is 0.335 e. The van der Waals surface area contributed by atoms with Crippen molar-refractivity contribution in [2.24, 2.45) is 0 Å². The van der Waals surface area contributed by atoms with Gasteiger partial charge >= 0.3 is 5.97 Å². The van der Waals surface area contributed by atoms with Gasteiger partial charge in [-0.2, -0.15) is 0 Å². The first-order valence-electron chi connectivity index (χ1n) is 5.79. The largest absolute Gasteiger partial charge is 0.494 e. The topological polar surface area (TPSA) is 68.7 Å². The van der Waals surface area contributed by atoms with Crippen molar-refractivity contribution < 1.29 is 19.4 Å². The summed E-state index contributed by atoms with van der Waals surface area (Å²) in [5, 5.41) is 8.89. The molecule has 0 spiro atoms. The molecule has 1 aromatic carbocycles. The summed E-state index contributed by atoms with van der Waals surface area (Å²) >= 11 is 0. The Kier molecular flexibility index (Phi) is 3.97. The fourth-order valence-electron chi connectivity index (χ4n) is 1.51. The van der Waals surface area contributed by atoms with E-state index < -0.39 is 5.97 Å². The van der Waals surface area contributed by atoms with Crippen LogP contribution in [0.1, 0.15) is 17.3 Å². The molecule has 5 nitrogen and oxygen atoms in total. The van der Waals surface area contributed by atoms with E-state index in [2.05, 4.69) is 4.98 Å². The lowest BCUT2D eigenvalue weighted by Crippen LogP contribution is -1.98. The summed E-state index contributed by atoms with van der Waals surface area (Å²) in [7, 11) is 0. The van der Waals surface area contributed by atoms with Crippen molar-refractivity contribution in [2.75, 3.05) is 6.61 Å². The minimum atomic E-state index is -1.02. The van der Waals surface area contributed by atoms with Crippen molar-refractivity contribution in [3.05, 3.63) is 48.2 Å². The molecule has 0 amide bonds. The van der Waals surface area contributed by atoms with E-state index >= 15 is 0 Å². The number of carbonyl (C=O) groups is 1. The molecule has 0 fully saturated rings. The van der Waals surface area contributed by atoms with Gasteiger partial charge in [0.05, 0.1) is 12.2 Å². The van der Waals surface area contributed by atoms with Crippen LogP contribution in [0.2, 0.25) is 0 Å². The fourth-order valence-corrected chi connectivity index (χ4v) is 1.51. The molecule has 0 aliphatic heterocycles. The van der Waals surface area contributed by atoms with Crippen LogP contribution in [0.25, 0.3) is 0 Å². The zero-order valence-corrected chi connectivity index (χ0v) is 10.4. The van der Waals surface area contributed by atoms with Crippen LogP contribution < -0.4 is 9.47 Å². The molecule has 2 rings (SSSR count). The minimum Gasteiger partial charge on any atom is -0.494 e. The zero-order valence-electron chi connectivity index (χ0n) is 10.4. The summed E-state index contributed by atoms with van der Waals surface area (Å²) in [5.74, 6) is 0.444. The normalized spacial score (nSPS) is 9.95. The third-order valence-corrected chi connectivity index (χ3v) is 2.32. The number of benzene rings is 1. The van der Waals surface area contributed by atoms with E-state index in [4.69, 9.17) is 14.6 Å². The molecule has 1 heterocycles. The van der Waals surface area contributed by atoms with Gasteiger partial charge in [-0.25, -0.2) is 9.78 Å². The molecule has 98 valence electrons. The number of carboxylic acid groups (broad SMARTS) is 1. The van der Waals surface area contributed by atoms with E-state index in [1.54, 1.807) is 18.2 Å². The molecule has 0 saturated heterocycles. The third kappa shape index (κ3) is 3.45. The zero-order chi connectivity index (χ0) is 13.7. The van der Waals surface area contributed by atoms with Crippen molar-refractivity contribution in [3.63, 3.8) is 0 Å². The maximum atomic E-state index is 10.8. The third-order valence-electron chi connectivity index (χ3n) is 2.32. The second kappa shape index (κ2) is 5.86. The van der Waals surface area contributed by atoms with Crippen molar-refractivity contribution in [1.29, 1.82) is 0 Å². The Hall–Kier alpha value is -2.56. The van der Waals surface area contributed by atoms with E-state index in [1.807, 2.05) is 13.0 Å². The van der Waals surface area contributed by atoms with Crippen molar-refractivity contribution in [1.82, 2.24) is 4.98 Å². The average molecular weight is 259 g/mol. The van der Waals surface area contributed by atoms with Gasteiger partial charge < -0.3 is 14.6 Å². The summed E-state index contributed by atoms with van der Waals surface area (Å²) in [4.78, 5) is 14.8. The van der Waals surface area contributed by atoms with Gasteiger partial charge in [0.1, 0.15) is 11.5 Å². The number of nitrogens with zero attached hydrogens (tertiary/aromatic N) is 1. The Morgan fingerprint density at radius 1 is 1.26 bits per heavy atom. The van der Waals surface area contributed by atoms with Gasteiger partial charge in [0, 0.05) is 18.3 Å². The molecule has 1 N–H and O–H groups in total. The van der Waals surface area contributed by atoms with E-state index in [9.17, 15) is 4.79 Å². The molecule has 0 saturated carbocycles. The first-order valence-corrected chi connectivity index (χ1v) is 5.79. The van der Waals surface area contributed by atoms with Crippen LogP contribution in [0.5, 0.6) is 17.4 Å². The highest BCUT2D eigenvalue weighted by Gasteiger charge is 2.06. The summed E-state index contributed by atoms with van der Waals surface area (Å²) in [6.07, 6.45) is 1.39. The summed E-state index contributed by atoms with van der Waals surface area (Å²) in [6.45, 7) is 2.46. The highest BCUT2D eigenvalue weighted by molar-refractivity contribution is 5.87. The SMILES string of the molecule is CCOc1cccc(Oc2cc(C(=O)O)ccn2)c1. The van der Waals surface area contributed by atoms with Gasteiger partial charge in [-0.15, -0.1) is 0 Å². The number of carboxylic acids is 1. The van der Waals surface area contributed by atoms with Gasteiger partial charge in [0.15, 0.2) is 0 Å². The second-order valence-electron chi connectivity index (χ2n) is 3.70. The predicted octanol–water partition coefficient (Wildman–Crippen LogP) is 2.97. The monoisotopic (exact) mass is 259 g/mol. The van der Waals surface area contributed by atoms with Gasteiger partial charge in [-0.05, 0) is 25.1 Å². The van der Waals surface area contributed by atoms with Gasteiger partial charge in [0.2, 0.25) is 5.88 Å². The summed E-state index contributed by atoms with van der Waals surface area (Å²) in [5.41, 5.74) is 0.131. The number of hydrogen-bond donors (Lipinski definition) is 1. The van der Waals surface area contributed by atoms with Crippen LogP contribution in [-0.4, -0.2) is 22.7 Å². The van der Waals surface area contributed by atoms with Crippen LogP contribution in [0.4, 0.5) is 0 Å². The lowest BCUT2D eigenvalue weighted by molar-refractivity contribution is 0.0696. The molecule has 5 heteroatoms. The van der Waals surface area contributed by atoms with Gasteiger partial charge in [0.25, 0.3) is 0 Å². The van der Waals surface area contributed by atoms with Crippen LogP contribution in [-0.2, 0) is 0 Å². The predicted molar refractivity (Wildman–Crippen MR) is 68.9 cm³/mol. The molecular weight excluding hydrogens is 246 g/mol. The molecule has 2 aromatic rings. The Morgan fingerprint density at radius 3 is 2.79 bits per heavy atom. The first kappa shape index (κ1) is 12.9. The quantitative estimate of drug-likeness (QED) is 0.893. The number of aromatic nitrogens is 1. The van der Waals surface area contributed by atoms with Crippen molar-refractivity contribution in [3.8, 4) is 17.4 Å². The molecule has 0 aliphatic carbocycles. The molecule has 19 heavy (non-hydrogen) atoms. The standard InChI is InChI=1S/C14H13NO4/c1-2-18-11-4-3-5-12(9-11)19-13-8-10(14(16)17)6-7-15-13/h3-9H,2H2,1H3,(H,16,17). The molecular formula is C14H13NO4. The average Bonchev–Trinajstić information content (AvgIpc) is 2.40. The maximum Gasteiger partial charge on any atom is 0.335 e. The molecule has 1 aromatic heterocycles. The van der Waals surface area contributed by atoms with E-state index in [0.29, 0.717) is 18.1 Å². The molecule has 0 bridgehead atoms. The summed E-state index contributed by atoms with van der Waals surface area (Å²) in [6, 6.07) is 9.86. The Bertz CT molecular complexity index is 583. The van der Waals surface area contributed by atoms with Crippen molar-refractivity contribution >= 4 is 5.97 Å². The van der Waals surface area contributed by atoms with E-state index in [0.717, 1.165) is 0 Å². The number of rotatable bonds is 5. The lowest BCUT2D eigenvalue weighted by atomic mass is 10.3. The number of hydrogen-bond acceptors (Lipinski definition) is 4. The number of ether oxygens (including phenoxy) is 2. The van der Waals surface area contributed by atoms with E-state index in [1.165, 1.54) is 18.3 Å². The highest BCUT2D eigenvalue weighted by atomic mass is 16.5. The first-order chi connectivity index (χ1) is 9.19. The number of pyridine rings is 1. The van der Waals surface area contributed by atoms with Crippen LogP contribution in [0.15, 0.2) is 42.6 Å². The maximum absolute atomic E-state index is 10.8. The van der Waals surface area contributed by atoms with Crippen LogP contribution in [0.3, 0.4) is 0 Å². The lowest BCUT2D eigenvalue weighted by Gasteiger charge is -2.07. The molecule has 0 unspecified atom stereocenters. The Balaban J connectivity index is 2.18. The van der Waals surface area contributed by atoms with Crippen LogP contribution in [0, 0.1) is 0 Å². The van der Waals surface area contributed by atoms with Gasteiger partial charge in [-0.1, -0.05) is 6.07 Å². The minimum absolute atomic E-state index is 0.131. The molecule has 0 radical (unpaired) electrons. The second-order valence-corrected chi connectivity index (χ2v) is 3.70. The van der Waals surface area contributed by atoms with Gasteiger partial charge in [-0.3, -0.25) is 0 Å². The fraction of sp³-hybridized carbons (Fsp3) is 0.143. The Morgan fingerprint density at radius 2 is 2.05 bits per heavy atom. The van der Waals surface area contributed by atoms with Crippen molar-refractivity contribution in [2.45, 2.75) is 6.92 Å². The molecule has 0 atom stereocenters. The Labute approximate surface area is 110 Å².